The van der Waals surface area contributed by atoms with Gasteiger partial charge in [0.2, 0.25) is 0 Å². The molecule has 2 rings (SSSR count). The van der Waals surface area contributed by atoms with Gasteiger partial charge >= 0.3 is 105 Å². The zero-order chi connectivity index (χ0) is 11.2. The van der Waals surface area contributed by atoms with Crippen molar-refractivity contribution in [3.8, 4) is 0 Å². The second-order valence-electron chi connectivity index (χ2n) is 5.47. The summed E-state index contributed by atoms with van der Waals surface area (Å²) in [6.07, 6.45) is 2.65. The van der Waals surface area contributed by atoms with Crippen LogP contribution in [0, 0.1) is 17.3 Å². The van der Waals surface area contributed by atoms with Crippen molar-refractivity contribution in [2.45, 2.75) is 40.5 Å². The van der Waals surface area contributed by atoms with Crippen molar-refractivity contribution in [3.63, 3.8) is 0 Å². The standard InChI is InChI=1S/C10H15.C2H4O2.Hg/c1-7-4-5-8-9(6-7)10(8,2)3;1-2(3)4;/h7-8H,4-5H2,1-3H3;1H3,(H,3,4);/q;;+1/p-1. The van der Waals surface area contributed by atoms with E-state index in [1.165, 1.54) is 19.8 Å². The van der Waals surface area contributed by atoms with Crippen LogP contribution in [-0.2, 0) is 32.5 Å². The molecular weight excluding hydrogens is 377 g/mol. The van der Waals surface area contributed by atoms with E-state index in [1.807, 2.05) is 0 Å². The molecule has 1 fully saturated rings. The van der Waals surface area contributed by atoms with E-state index >= 15 is 0 Å². The van der Waals surface area contributed by atoms with Crippen LogP contribution < -0.4 is 0 Å². The Morgan fingerprint density at radius 3 is 2.73 bits per heavy atom. The molecule has 0 aliphatic heterocycles. The van der Waals surface area contributed by atoms with Gasteiger partial charge in [0.15, 0.2) is 0 Å². The fourth-order valence-electron chi connectivity index (χ4n) is 3.04. The van der Waals surface area contributed by atoms with Gasteiger partial charge in [0.05, 0.1) is 0 Å². The molecule has 1 saturated carbocycles. The second kappa shape index (κ2) is 3.87. The Morgan fingerprint density at radius 1 is 1.47 bits per heavy atom. The predicted octanol–water partition coefficient (Wildman–Crippen LogP) is 2.89. The Balaban J connectivity index is 2.16. The molecule has 0 amide bonds. The number of rotatable bonds is 2. The fraction of sp³-hybridized carbons (Fsp3) is 0.750. The third-order valence-corrected chi connectivity index (χ3v) is 11.6. The summed E-state index contributed by atoms with van der Waals surface area (Å²) in [6.45, 7) is 8.52. The van der Waals surface area contributed by atoms with Gasteiger partial charge in [-0.15, -0.1) is 0 Å². The molecule has 0 spiro atoms. The Hall–Kier alpha value is 0.145. The molecule has 2 nitrogen and oxygen atoms in total. The van der Waals surface area contributed by atoms with Crippen molar-refractivity contribution in [2.75, 3.05) is 0 Å². The van der Waals surface area contributed by atoms with E-state index in [9.17, 15) is 4.79 Å². The first-order valence-electron chi connectivity index (χ1n) is 5.81. The molecule has 2 aliphatic rings. The first-order valence-corrected chi connectivity index (χ1v) is 10.8. The Morgan fingerprint density at radius 2 is 2.13 bits per heavy atom. The van der Waals surface area contributed by atoms with Crippen LogP contribution in [0.25, 0.3) is 0 Å². The Labute approximate surface area is 105 Å². The number of hydrogen-bond donors (Lipinski definition) is 0. The second-order valence-corrected chi connectivity index (χ2v) is 10.7. The van der Waals surface area contributed by atoms with Crippen molar-refractivity contribution in [2.24, 2.45) is 17.3 Å². The average molecular weight is 395 g/mol. The number of carbonyl (C=O) groups is 1. The maximum absolute atomic E-state index is 10.9. The number of carbonyl (C=O) groups excluding carboxylic acids is 1. The summed E-state index contributed by atoms with van der Waals surface area (Å²) in [5.74, 6) is 1.44. The van der Waals surface area contributed by atoms with E-state index in [4.69, 9.17) is 2.64 Å². The van der Waals surface area contributed by atoms with Crippen molar-refractivity contribution in [1.82, 2.24) is 0 Å². The van der Waals surface area contributed by atoms with Crippen molar-refractivity contribution in [1.29, 1.82) is 0 Å². The third-order valence-electron chi connectivity index (χ3n) is 4.09. The summed E-state index contributed by atoms with van der Waals surface area (Å²) >= 11 is -1.55. The van der Waals surface area contributed by atoms with E-state index in [2.05, 4.69) is 20.8 Å². The first-order chi connectivity index (χ1) is 6.94. The molecule has 0 aromatic rings. The van der Waals surface area contributed by atoms with Crippen LogP contribution in [0.1, 0.15) is 40.5 Å². The molecular formula is C12H18HgO2. The minimum absolute atomic E-state index is 0.0717. The van der Waals surface area contributed by atoms with Crippen LogP contribution in [0.5, 0.6) is 0 Å². The van der Waals surface area contributed by atoms with E-state index in [1.54, 1.807) is 8.65 Å². The normalized spacial score (nSPS) is 31.7. The molecule has 0 bridgehead atoms. The summed E-state index contributed by atoms with van der Waals surface area (Å²) in [5, 5.41) is 0. The molecule has 0 N–H and O–H groups in total. The average Bonchev–Trinajstić information content (AvgIpc) is 2.67. The fourth-order valence-corrected chi connectivity index (χ4v) is 9.67. The van der Waals surface area contributed by atoms with Crippen LogP contribution in [0.3, 0.4) is 0 Å². The minimum atomic E-state index is -1.55. The molecule has 0 radical (unpaired) electrons. The molecule has 0 saturated heterocycles. The van der Waals surface area contributed by atoms with Gasteiger partial charge in [-0.05, 0) is 0 Å². The molecule has 2 atom stereocenters. The van der Waals surface area contributed by atoms with Gasteiger partial charge in [-0.25, -0.2) is 0 Å². The molecule has 0 aromatic heterocycles. The van der Waals surface area contributed by atoms with E-state index in [0.29, 0.717) is 11.3 Å². The van der Waals surface area contributed by atoms with Crippen LogP contribution >= 0.6 is 0 Å². The zero-order valence-corrected chi connectivity index (χ0v) is 15.6. The van der Waals surface area contributed by atoms with Crippen LogP contribution in [0.4, 0.5) is 0 Å². The SMILES string of the molecule is CC(=O)[O][Hg][C]1=C2C(CCC1C)C2(C)C. The van der Waals surface area contributed by atoms with Crippen LogP contribution in [-0.4, -0.2) is 5.97 Å². The molecule has 80 valence electrons. The Kier molecular flexibility index (Phi) is 3.00. The molecule has 0 heterocycles. The summed E-state index contributed by atoms with van der Waals surface area (Å²) in [7, 11) is 0. The van der Waals surface area contributed by atoms with E-state index in [0.717, 1.165) is 5.92 Å². The summed E-state index contributed by atoms with van der Waals surface area (Å²) in [4.78, 5) is 10.9. The summed E-state index contributed by atoms with van der Waals surface area (Å²) in [5.41, 5.74) is 2.10. The molecule has 15 heavy (non-hydrogen) atoms. The number of hydrogen-bond acceptors (Lipinski definition) is 2. The van der Waals surface area contributed by atoms with Gasteiger partial charge in [-0.1, -0.05) is 0 Å². The first kappa shape index (κ1) is 11.6. The van der Waals surface area contributed by atoms with Crippen molar-refractivity contribution >= 4 is 5.97 Å². The predicted molar refractivity (Wildman–Crippen MR) is 54.5 cm³/mol. The van der Waals surface area contributed by atoms with Gasteiger partial charge in [0, 0.05) is 0 Å². The van der Waals surface area contributed by atoms with Gasteiger partial charge < -0.3 is 0 Å². The van der Waals surface area contributed by atoms with Crippen LogP contribution in [0.2, 0.25) is 0 Å². The van der Waals surface area contributed by atoms with Gasteiger partial charge in [-0.2, -0.15) is 0 Å². The van der Waals surface area contributed by atoms with Gasteiger partial charge in [0.1, 0.15) is 0 Å². The van der Waals surface area contributed by atoms with Crippen molar-refractivity contribution < 1.29 is 32.5 Å². The molecule has 3 heteroatoms. The van der Waals surface area contributed by atoms with Crippen LogP contribution in [0.15, 0.2) is 8.65 Å². The summed E-state index contributed by atoms with van der Waals surface area (Å²) < 4.78 is 6.98. The maximum atomic E-state index is 10.9. The number of allylic oxidation sites excluding steroid dienone is 2. The van der Waals surface area contributed by atoms with E-state index < -0.39 is 25.0 Å². The quantitative estimate of drug-likeness (QED) is 0.673. The van der Waals surface area contributed by atoms with Gasteiger partial charge in [-0.3, -0.25) is 0 Å². The summed E-state index contributed by atoms with van der Waals surface area (Å²) in [6, 6.07) is 0. The monoisotopic (exact) mass is 396 g/mol. The van der Waals surface area contributed by atoms with Crippen molar-refractivity contribution in [3.05, 3.63) is 8.65 Å². The Bertz CT molecular complexity index is 331. The topological polar surface area (TPSA) is 26.3 Å². The van der Waals surface area contributed by atoms with E-state index in [-0.39, 0.29) is 5.97 Å². The molecule has 2 unspecified atom stereocenters. The number of fused-ring (bicyclic) bond motifs is 1. The molecule has 2 aliphatic carbocycles. The van der Waals surface area contributed by atoms with Gasteiger partial charge in [0.25, 0.3) is 0 Å². The zero-order valence-electron chi connectivity index (χ0n) is 10.1. The molecule has 0 aromatic carbocycles. The third kappa shape index (κ3) is 2.02.